The predicted octanol–water partition coefficient (Wildman–Crippen LogP) is 3.87. The molecule has 0 aliphatic rings. The first-order chi connectivity index (χ1) is 10.9. The van der Waals surface area contributed by atoms with Gasteiger partial charge in [0.05, 0.1) is 22.9 Å². The Kier molecular flexibility index (Phi) is 7.65. The van der Waals surface area contributed by atoms with E-state index in [1.807, 2.05) is 13.0 Å². The topological polar surface area (TPSA) is 83.5 Å². The average molecular weight is 355 g/mol. The summed E-state index contributed by atoms with van der Waals surface area (Å²) in [6, 6.07) is 5.41. The number of allylic oxidation sites excluding steroid dienone is 2. The van der Waals surface area contributed by atoms with Gasteiger partial charge in [-0.2, -0.15) is 4.99 Å². The molecule has 0 atom stereocenters. The minimum absolute atomic E-state index is 0.251. The van der Waals surface area contributed by atoms with Gasteiger partial charge in [0.1, 0.15) is 5.82 Å². The average Bonchev–Trinajstić information content (AvgIpc) is 2.56. The maximum absolute atomic E-state index is 7.24. The molecule has 5 nitrogen and oxygen atoms in total. The number of hydrogen-bond acceptors (Lipinski definition) is 5. The standard InChI is InChI=1S/C16H20Cl2N4O/c1-4-14(22-16(23-3)15(20)10(2)8-19)21-9-11-5-6-12(17)13(18)7-11/h4-8,19,21H,9,20H2,1-3H3/b14-4?,15-10-,19-8?,22-16+. The molecule has 124 valence electrons. The van der Waals surface area contributed by atoms with Crippen molar-refractivity contribution in [2.75, 3.05) is 7.11 Å². The van der Waals surface area contributed by atoms with Crippen molar-refractivity contribution in [1.82, 2.24) is 5.32 Å². The third kappa shape index (κ3) is 5.62. The number of aliphatic imine (C=N–C) groups is 1. The van der Waals surface area contributed by atoms with Gasteiger partial charge in [-0.25, -0.2) is 0 Å². The molecule has 0 saturated carbocycles. The Morgan fingerprint density at radius 1 is 1.39 bits per heavy atom. The summed E-state index contributed by atoms with van der Waals surface area (Å²) in [5.74, 6) is 0.842. The molecule has 1 rings (SSSR count). The van der Waals surface area contributed by atoms with Gasteiger partial charge in [-0.1, -0.05) is 29.3 Å². The van der Waals surface area contributed by atoms with E-state index in [4.69, 9.17) is 39.1 Å². The second kappa shape index (κ2) is 9.22. The molecule has 0 saturated heterocycles. The van der Waals surface area contributed by atoms with E-state index < -0.39 is 0 Å². The molecule has 0 bridgehead atoms. The molecule has 0 amide bonds. The lowest BCUT2D eigenvalue weighted by atomic mass is 10.2. The van der Waals surface area contributed by atoms with Crippen LogP contribution in [0.25, 0.3) is 0 Å². The van der Waals surface area contributed by atoms with Crippen LogP contribution in [0.15, 0.2) is 46.4 Å². The molecule has 0 radical (unpaired) electrons. The van der Waals surface area contributed by atoms with Gasteiger partial charge in [-0.3, -0.25) is 0 Å². The first-order valence-electron chi connectivity index (χ1n) is 6.86. The van der Waals surface area contributed by atoms with Crippen molar-refractivity contribution in [2.24, 2.45) is 10.7 Å². The van der Waals surface area contributed by atoms with E-state index >= 15 is 0 Å². The minimum atomic E-state index is 0.251. The van der Waals surface area contributed by atoms with Crippen LogP contribution in [0.1, 0.15) is 19.4 Å². The predicted molar refractivity (Wildman–Crippen MR) is 97.2 cm³/mol. The lowest BCUT2D eigenvalue weighted by Gasteiger charge is -2.11. The van der Waals surface area contributed by atoms with E-state index in [1.165, 1.54) is 7.11 Å². The molecular weight excluding hydrogens is 335 g/mol. The van der Waals surface area contributed by atoms with E-state index in [9.17, 15) is 0 Å². The molecule has 0 fully saturated rings. The van der Waals surface area contributed by atoms with Gasteiger partial charge in [-0.05, 0) is 43.2 Å². The maximum atomic E-state index is 7.24. The molecule has 0 heterocycles. The summed E-state index contributed by atoms with van der Waals surface area (Å²) < 4.78 is 5.20. The first kappa shape index (κ1) is 19.1. The number of rotatable bonds is 6. The quantitative estimate of drug-likeness (QED) is 0.535. The third-order valence-corrected chi connectivity index (χ3v) is 3.76. The van der Waals surface area contributed by atoms with Gasteiger partial charge in [0, 0.05) is 12.8 Å². The first-order valence-corrected chi connectivity index (χ1v) is 7.62. The van der Waals surface area contributed by atoms with Gasteiger partial charge < -0.3 is 21.2 Å². The molecule has 7 heteroatoms. The number of nitrogens with zero attached hydrogens (tertiary/aromatic N) is 1. The Labute approximate surface area is 146 Å². The lowest BCUT2D eigenvalue weighted by Crippen LogP contribution is -2.19. The molecule has 1 aromatic carbocycles. The van der Waals surface area contributed by atoms with Gasteiger partial charge in [0.2, 0.25) is 5.90 Å². The van der Waals surface area contributed by atoms with E-state index in [0.717, 1.165) is 11.8 Å². The SMILES string of the molecule is CC=C(/N=C(OC)\C(N)=C(/C)C=N)NCc1ccc(Cl)c(Cl)c1. The highest BCUT2D eigenvalue weighted by Gasteiger charge is 2.07. The molecule has 1 aromatic rings. The summed E-state index contributed by atoms with van der Waals surface area (Å²) in [6.07, 6.45) is 2.95. The van der Waals surface area contributed by atoms with Gasteiger partial charge in [0.15, 0.2) is 0 Å². The highest BCUT2D eigenvalue weighted by atomic mass is 35.5. The van der Waals surface area contributed by atoms with Crippen LogP contribution in [0.3, 0.4) is 0 Å². The molecule has 0 unspecified atom stereocenters. The lowest BCUT2D eigenvalue weighted by molar-refractivity contribution is 0.401. The van der Waals surface area contributed by atoms with Crippen molar-refractivity contribution in [3.8, 4) is 0 Å². The molecule has 23 heavy (non-hydrogen) atoms. The second-order valence-corrected chi connectivity index (χ2v) is 5.45. The van der Waals surface area contributed by atoms with Gasteiger partial charge >= 0.3 is 0 Å². The van der Waals surface area contributed by atoms with Crippen molar-refractivity contribution in [2.45, 2.75) is 20.4 Å². The summed E-state index contributed by atoms with van der Waals surface area (Å²) in [7, 11) is 1.48. The fourth-order valence-corrected chi connectivity index (χ4v) is 1.94. The zero-order chi connectivity index (χ0) is 17.4. The van der Waals surface area contributed by atoms with E-state index in [2.05, 4.69) is 10.3 Å². The zero-order valence-corrected chi connectivity index (χ0v) is 14.8. The van der Waals surface area contributed by atoms with Crippen molar-refractivity contribution in [1.29, 1.82) is 5.41 Å². The fraction of sp³-hybridized carbons (Fsp3) is 0.250. The number of halogens is 2. The number of nitrogens with two attached hydrogens (primary N) is 1. The fourth-order valence-electron chi connectivity index (χ4n) is 1.62. The zero-order valence-electron chi connectivity index (χ0n) is 13.3. The van der Waals surface area contributed by atoms with Crippen LogP contribution < -0.4 is 11.1 Å². The van der Waals surface area contributed by atoms with Crippen molar-refractivity contribution < 1.29 is 4.74 Å². The molecule has 0 aliphatic heterocycles. The number of hydrogen-bond donors (Lipinski definition) is 3. The molecule has 4 N–H and O–H groups in total. The number of methoxy groups -OCH3 is 1. The largest absolute Gasteiger partial charge is 0.479 e. The monoisotopic (exact) mass is 354 g/mol. The molecule has 0 aliphatic carbocycles. The Morgan fingerprint density at radius 2 is 2.09 bits per heavy atom. The normalized spacial score (nSPS) is 13.4. The smallest absolute Gasteiger partial charge is 0.239 e. The van der Waals surface area contributed by atoms with E-state index in [-0.39, 0.29) is 5.90 Å². The van der Waals surface area contributed by atoms with Crippen molar-refractivity contribution >= 4 is 35.3 Å². The maximum Gasteiger partial charge on any atom is 0.239 e. The summed E-state index contributed by atoms with van der Waals surface area (Å²) in [6.45, 7) is 4.08. The Hall–Kier alpha value is -1.98. The van der Waals surface area contributed by atoms with E-state index in [0.29, 0.717) is 33.7 Å². The Bertz CT molecular complexity index is 666. The number of nitrogens with one attached hydrogen (secondary N) is 2. The molecule has 0 spiro atoms. The van der Waals surface area contributed by atoms with Crippen LogP contribution in [-0.4, -0.2) is 19.2 Å². The number of ether oxygens (including phenoxy) is 1. The number of benzene rings is 1. The summed E-state index contributed by atoms with van der Waals surface area (Å²) in [5.41, 5.74) is 7.77. The minimum Gasteiger partial charge on any atom is -0.479 e. The van der Waals surface area contributed by atoms with Crippen LogP contribution in [0.4, 0.5) is 0 Å². The second-order valence-electron chi connectivity index (χ2n) is 4.64. The molecule has 0 aromatic heterocycles. The van der Waals surface area contributed by atoms with Crippen LogP contribution in [0, 0.1) is 5.41 Å². The third-order valence-electron chi connectivity index (χ3n) is 3.02. The van der Waals surface area contributed by atoms with Crippen LogP contribution >= 0.6 is 23.2 Å². The van der Waals surface area contributed by atoms with Gasteiger partial charge in [-0.15, -0.1) is 0 Å². The highest BCUT2D eigenvalue weighted by molar-refractivity contribution is 6.42. The van der Waals surface area contributed by atoms with Crippen molar-refractivity contribution in [3.63, 3.8) is 0 Å². The summed E-state index contributed by atoms with van der Waals surface area (Å²) in [5, 5.41) is 11.4. The Morgan fingerprint density at radius 3 is 2.61 bits per heavy atom. The summed E-state index contributed by atoms with van der Waals surface area (Å²) >= 11 is 11.9. The van der Waals surface area contributed by atoms with Gasteiger partial charge in [0.25, 0.3) is 0 Å². The van der Waals surface area contributed by atoms with Crippen LogP contribution in [-0.2, 0) is 11.3 Å². The van der Waals surface area contributed by atoms with Crippen LogP contribution in [0.2, 0.25) is 10.0 Å². The highest BCUT2D eigenvalue weighted by Crippen LogP contribution is 2.22. The Balaban J connectivity index is 2.90. The summed E-state index contributed by atoms with van der Waals surface area (Å²) in [4.78, 5) is 4.34. The van der Waals surface area contributed by atoms with E-state index in [1.54, 1.807) is 25.1 Å². The molecular formula is C16H20Cl2N4O. The van der Waals surface area contributed by atoms with Crippen molar-refractivity contribution in [3.05, 3.63) is 57.0 Å². The van der Waals surface area contributed by atoms with Crippen LogP contribution in [0.5, 0.6) is 0 Å².